The third-order valence-corrected chi connectivity index (χ3v) is 5.58. The number of imidazole rings is 1. The lowest BCUT2D eigenvalue weighted by Gasteiger charge is -2.13. The van der Waals surface area contributed by atoms with Crippen LogP contribution in [0, 0.1) is 6.92 Å². The van der Waals surface area contributed by atoms with Crippen molar-refractivity contribution in [2.45, 2.75) is 26.7 Å². The highest BCUT2D eigenvalue weighted by Crippen LogP contribution is 2.46. The molecule has 0 atom stereocenters. The van der Waals surface area contributed by atoms with Crippen molar-refractivity contribution < 1.29 is 14.6 Å². The average Bonchev–Trinajstić information content (AvgIpc) is 3.31. The SMILES string of the molecule is Cc1ccc2occ(-c3c(C(C)C)c(O)c(O)n3-c3ccc4nc[nH]c4c3)c(=O)c2c1. The largest absolute Gasteiger partial charge is 0.503 e. The van der Waals surface area contributed by atoms with Gasteiger partial charge in [-0.3, -0.25) is 9.36 Å². The van der Waals surface area contributed by atoms with E-state index in [1.807, 2.05) is 39.0 Å². The van der Waals surface area contributed by atoms with E-state index in [1.165, 1.54) is 10.8 Å². The van der Waals surface area contributed by atoms with E-state index in [4.69, 9.17) is 4.42 Å². The van der Waals surface area contributed by atoms with Crippen molar-refractivity contribution in [3.63, 3.8) is 0 Å². The molecule has 7 nitrogen and oxygen atoms in total. The Hall–Kier alpha value is -4.00. The van der Waals surface area contributed by atoms with Crippen LogP contribution < -0.4 is 5.43 Å². The number of H-pyrrole nitrogens is 1. The number of hydrogen-bond donors (Lipinski definition) is 3. The molecule has 0 amide bonds. The van der Waals surface area contributed by atoms with Gasteiger partial charge in [0.05, 0.1) is 39.7 Å². The van der Waals surface area contributed by atoms with Crippen LogP contribution in [0.2, 0.25) is 0 Å². The van der Waals surface area contributed by atoms with E-state index >= 15 is 0 Å². The standard InChI is InChI=1S/C24H21N3O4/c1-12(2)20-21(16-10-31-19-7-4-13(3)8-15(19)22(16)28)27(24(30)23(20)29)14-5-6-17-18(9-14)26-11-25-17/h4-12,29-30H,1-3H3,(H,25,26). The second kappa shape index (κ2) is 6.77. The summed E-state index contributed by atoms with van der Waals surface area (Å²) < 4.78 is 7.26. The lowest BCUT2D eigenvalue weighted by Crippen LogP contribution is -2.10. The van der Waals surface area contributed by atoms with E-state index < -0.39 is 0 Å². The number of aromatic hydroxyl groups is 2. The van der Waals surface area contributed by atoms with Crippen molar-refractivity contribution in [2.75, 3.05) is 0 Å². The predicted octanol–water partition coefficient (Wildman–Crippen LogP) is 4.97. The second-order valence-electron chi connectivity index (χ2n) is 8.01. The molecule has 0 unspecified atom stereocenters. The quantitative estimate of drug-likeness (QED) is 0.386. The van der Waals surface area contributed by atoms with E-state index in [-0.39, 0.29) is 28.5 Å². The Kier molecular flexibility index (Phi) is 4.15. The maximum atomic E-state index is 13.5. The molecule has 0 saturated carbocycles. The highest BCUT2D eigenvalue weighted by molar-refractivity contribution is 5.85. The molecule has 0 bridgehead atoms. The number of nitrogens with zero attached hydrogens (tertiary/aromatic N) is 2. The molecule has 0 aliphatic heterocycles. The van der Waals surface area contributed by atoms with E-state index in [0.29, 0.717) is 27.9 Å². The Morgan fingerprint density at radius 2 is 1.94 bits per heavy atom. The van der Waals surface area contributed by atoms with Gasteiger partial charge in [0.15, 0.2) is 5.75 Å². The van der Waals surface area contributed by atoms with Crippen LogP contribution in [0.1, 0.15) is 30.9 Å². The Bertz CT molecular complexity index is 1520. The average molecular weight is 415 g/mol. The third-order valence-electron chi connectivity index (χ3n) is 5.58. The van der Waals surface area contributed by atoms with E-state index in [1.54, 1.807) is 24.5 Å². The first kappa shape index (κ1) is 19.0. The smallest absolute Gasteiger partial charge is 0.240 e. The molecule has 5 aromatic rings. The number of hydrogen-bond acceptors (Lipinski definition) is 5. The van der Waals surface area contributed by atoms with E-state index in [9.17, 15) is 15.0 Å². The molecule has 31 heavy (non-hydrogen) atoms. The fraction of sp³-hybridized carbons (Fsp3) is 0.167. The summed E-state index contributed by atoms with van der Waals surface area (Å²) >= 11 is 0. The van der Waals surface area contributed by atoms with Gasteiger partial charge >= 0.3 is 0 Å². The van der Waals surface area contributed by atoms with Gasteiger partial charge in [-0.1, -0.05) is 25.5 Å². The molecule has 0 aliphatic carbocycles. The molecular weight excluding hydrogens is 394 g/mol. The van der Waals surface area contributed by atoms with Gasteiger partial charge in [-0.15, -0.1) is 0 Å². The van der Waals surface area contributed by atoms with Crippen LogP contribution in [0.25, 0.3) is 38.9 Å². The van der Waals surface area contributed by atoms with Crippen LogP contribution >= 0.6 is 0 Å². The Morgan fingerprint density at radius 3 is 2.71 bits per heavy atom. The first-order valence-electron chi connectivity index (χ1n) is 9.99. The van der Waals surface area contributed by atoms with Crippen molar-refractivity contribution in [1.29, 1.82) is 0 Å². The molecule has 3 aromatic heterocycles. The summed E-state index contributed by atoms with van der Waals surface area (Å²) in [7, 11) is 0. The maximum absolute atomic E-state index is 13.5. The van der Waals surface area contributed by atoms with Crippen molar-refractivity contribution in [3.8, 4) is 28.6 Å². The van der Waals surface area contributed by atoms with E-state index in [0.717, 1.165) is 16.6 Å². The summed E-state index contributed by atoms with van der Waals surface area (Å²) in [6, 6.07) is 10.8. The number of rotatable bonds is 3. The normalized spacial score (nSPS) is 11.7. The first-order valence-corrected chi connectivity index (χ1v) is 9.99. The van der Waals surface area contributed by atoms with Gasteiger partial charge in [-0.05, 0) is 43.2 Å². The van der Waals surface area contributed by atoms with Crippen LogP contribution in [-0.2, 0) is 0 Å². The molecule has 0 radical (unpaired) electrons. The molecule has 2 aromatic carbocycles. The number of aromatic nitrogens is 3. The van der Waals surface area contributed by atoms with E-state index in [2.05, 4.69) is 9.97 Å². The lowest BCUT2D eigenvalue weighted by molar-refractivity contribution is 0.384. The summed E-state index contributed by atoms with van der Waals surface area (Å²) in [5, 5.41) is 22.1. The monoisotopic (exact) mass is 415 g/mol. The molecule has 5 rings (SSSR count). The van der Waals surface area contributed by atoms with Crippen LogP contribution in [0.15, 0.2) is 58.2 Å². The molecule has 156 valence electrons. The zero-order chi connectivity index (χ0) is 21.9. The topological polar surface area (TPSA) is 104 Å². The van der Waals surface area contributed by atoms with Gasteiger partial charge in [0.25, 0.3) is 0 Å². The number of benzene rings is 2. The summed E-state index contributed by atoms with van der Waals surface area (Å²) in [5.74, 6) is -0.745. The number of aryl methyl sites for hydroxylation is 1. The Morgan fingerprint density at radius 1 is 1.13 bits per heavy atom. The molecule has 0 saturated heterocycles. The summed E-state index contributed by atoms with van der Waals surface area (Å²) in [6.45, 7) is 5.70. The zero-order valence-electron chi connectivity index (χ0n) is 17.3. The minimum Gasteiger partial charge on any atom is -0.503 e. The van der Waals surface area contributed by atoms with Crippen molar-refractivity contribution in [1.82, 2.24) is 14.5 Å². The first-order chi connectivity index (χ1) is 14.9. The minimum absolute atomic E-state index is 0.161. The summed E-state index contributed by atoms with van der Waals surface area (Å²) in [5.41, 5.74) is 4.45. The molecule has 0 spiro atoms. The third kappa shape index (κ3) is 2.81. The predicted molar refractivity (Wildman–Crippen MR) is 119 cm³/mol. The van der Waals surface area contributed by atoms with Crippen molar-refractivity contribution in [2.24, 2.45) is 0 Å². The van der Waals surface area contributed by atoms with Crippen molar-refractivity contribution in [3.05, 3.63) is 70.3 Å². The van der Waals surface area contributed by atoms with Gasteiger partial charge in [0.1, 0.15) is 11.8 Å². The highest BCUT2D eigenvalue weighted by atomic mass is 16.3. The summed E-state index contributed by atoms with van der Waals surface area (Å²) in [4.78, 5) is 20.7. The molecular formula is C24H21N3O4. The molecule has 7 heteroatoms. The zero-order valence-corrected chi connectivity index (χ0v) is 17.3. The van der Waals surface area contributed by atoms with Crippen LogP contribution in [0.3, 0.4) is 0 Å². The number of nitrogens with one attached hydrogen (secondary N) is 1. The van der Waals surface area contributed by atoms with Gasteiger partial charge in [-0.2, -0.15) is 0 Å². The summed E-state index contributed by atoms with van der Waals surface area (Å²) in [6.07, 6.45) is 2.98. The second-order valence-corrected chi connectivity index (χ2v) is 8.01. The maximum Gasteiger partial charge on any atom is 0.240 e. The van der Waals surface area contributed by atoms with Crippen LogP contribution in [-0.4, -0.2) is 24.7 Å². The van der Waals surface area contributed by atoms with Crippen LogP contribution in [0.4, 0.5) is 0 Å². The van der Waals surface area contributed by atoms with Gasteiger partial charge < -0.3 is 19.6 Å². The van der Waals surface area contributed by atoms with Crippen molar-refractivity contribution >= 4 is 22.0 Å². The highest BCUT2D eigenvalue weighted by Gasteiger charge is 2.28. The number of fused-ring (bicyclic) bond motifs is 2. The Balaban J connectivity index is 1.88. The Labute approximate surface area is 177 Å². The number of aromatic amines is 1. The fourth-order valence-electron chi connectivity index (χ4n) is 4.10. The van der Waals surface area contributed by atoms with Gasteiger partial charge in [0.2, 0.25) is 11.3 Å². The van der Waals surface area contributed by atoms with Gasteiger partial charge in [0, 0.05) is 5.56 Å². The molecule has 0 aliphatic rings. The fourth-order valence-corrected chi connectivity index (χ4v) is 4.10. The molecule has 3 heterocycles. The minimum atomic E-state index is -0.332. The lowest BCUT2D eigenvalue weighted by atomic mass is 9.98. The van der Waals surface area contributed by atoms with Gasteiger partial charge in [-0.25, -0.2) is 4.98 Å². The molecule has 3 N–H and O–H groups in total. The van der Waals surface area contributed by atoms with Crippen LogP contribution in [0.5, 0.6) is 11.6 Å². The molecule has 0 fully saturated rings.